The average molecular weight is 410 g/mol. The van der Waals surface area contributed by atoms with Crippen molar-refractivity contribution in [3.8, 4) is 5.75 Å². The van der Waals surface area contributed by atoms with Crippen LogP contribution < -0.4 is 4.74 Å². The van der Waals surface area contributed by atoms with Crippen LogP contribution in [0.3, 0.4) is 0 Å². The van der Waals surface area contributed by atoms with E-state index in [1.807, 2.05) is 62.4 Å². The molecule has 3 rings (SSSR count). The molecular formula is C25H31NO4. The summed E-state index contributed by atoms with van der Waals surface area (Å²) in [6.45, 7) is 10.7. The lowest BCUT2D eigenvalue weighted by atomic mass is 9.93. The second-order valence-corrected chi connectivity index (χ2v) is 8.23. The number of rotatable bonds is 4. The summed E-state index contributed by atoms with van der Waals surface area (Å²) in [4.78, 5) is 11.6. The van der Waals surface area contributed by atoms with Gasteiger partial charge in [0, 0.05) is 11.5 Å². The zero-order chi connectivity index (χ0) is 22.1. The van der Waals surface area contributed by atoms with Gasteiger partial charge in [-0.15, -0.1) is 0 Å². The standard InChI is InChI=1S/C17H18O3.C8H13NO/c1-13-7-9-16(10-8-13)20-12-14-5-3-4-6-15(11-14)17(18)19-2;1-6-5-7(10-9-6)8(2,3)4/h3-4,6-11H,5,12H2,1-2H3;5H,1-4H3. The summed E-state index contributed by atoms with van der Waals surface area (Å²) in [5.74, 6) is 1.45. The number of aromatic nitrogens is 1. The molecule has 0 amide bonds. The molecule has 2 aromatic rings. The van der Waals surface area contributed by atoms with Crippen LogP contribution in [0.4, 0.5) is 0 Å². The van der Waals surface area contributed by atoms with Crippen molar-refractivity contribution in [3.63, 3.8) is 0 Å². The van der Waals surface area contributed by atoms with Crippen molar-refractivity contribution in [1.82, 2.24) is 5.16 Å². The number of carbonyl (C=O) groups is 1. The smallest absolute Gasteiger partial charge is 0.337 e. The van der Waals surface area contributed by atoms with E-state index in [1.165, 1.54) is 12.7 Å². The van der Waals surface area contributed by atoms with Crippen LogP contribution in [0, 0.1) is 13.8 Å². The average Bonchev–Trinajstić information content (AvgIpc) is 3.02. The third-order valence-electron chi connectivity index (χ3n) is 4.39. The van der Waals surface area contributed by atoms with Crippen molar-refractivity contribution in [2.75, 3.05) is 13.7 Å². The molecule has 0 fully saturated rings. The largest absolute Gasteiger partial charge is 0.489 e. The highest BCUT2D eigenvalue weighted by atomic mass is 16.5. The topological polar surface area (TPSA) is 61.6 Å². The molecule has 160 valence electrons. The van der Waals surface area contributed by atoms with E-state index >= 15 is 0 Å². The molecule has 30 heavy (non-hydrogen) atoms. The third-order valence-corrected chi connectivity index (χ3v) is 4.39. The lowest BCUT2D eigenvalue weighted by molar-refractivity contribution is -0.135. The van der Waals surface area contributed by atoms with E-state index in [-0.39, 0.29) is 11.4 Å². The van der Waals surface area contributed by atoms with E-state index in [4.69, 9.17) is 14.0 Å². The molecule has 0 atom stereocenters. The molecule has 0 spiro atoms. The molecule has 1 aromatic carbocycles. The second-order valence-electron chi connectivity index (χ2n) is 8.23. The summed E-state index contributed by atoms with van der Waals surface area (Å²) >= 11 is 0. The maximum absolute atomic E-state index is 11.6. The van der Waals surface area contributed by atoms with E-state index in [0.29, 0.717) is 12.2 Å². The molecule has 1 aliphatic rings. The number of aryl methyl sites for hydroxylation is 2. The number of ether oxygens (including phenoxy) is 2. The Morgan fingerprint density at radius 1 is 1.17 bits per heavy atom. The van der Waals surface area contributed by atoms with Crippen molar-refractivity contribution >= 4 is 5.97 Å². The van der Waals surface area contributed by atoms with Crippen molar-refractivity contribution < 1.29 is 18.8 Å². The van der Waals surface area contributed by atoms with Gasteiger partial charge in [0.05, 0.1) is 18.4 Å². The SMILES string of the molecule is COC(=O)C1=CC=CCC(COc2ccc(C)cc2)=C1.Cc1cc(C(C)(C)C)on1. The number of nitrogens with zero attached hydrogens (tertiary/aromatic N) is 1. The van der Waals surface area contributed by atoms with Crippen LogP contribution in [-0.4, -0.2) is 24.8 Å². The van der Waals surface area contributed by atoms with Crippen LogP contribution in [-0.2, 0) is 14.9 Å². The van der Waals surface area contributed by atoms with Crippen LogP contribution >= 0.6 is 0 Å². The van der Waals surface area contributed by atoms with Crippen LogP contribution in [0.25, 0.3) is 0 Å². The Morgan fingerprint density at radius 3 is 2.40 bits per heavy atom. The van der Waals surface area contributed by atoms with E-state index in [0.717, 1.165) is 29.2 Å². The molecular weight excluding hydrogens is 378 g/mol. The Labute approximate surface area is 179 Å². The summed E-state index contributed by atoms with van der Waals surface area (Å²) in [6, 6.07) is 9.88. The highest BCUT2D eigenvalue weighted by Gasteiger charge is 2.18. The fourth-order valence-electron chi connectivity index (χ4n) is 2.59. The lowest BCUT2D eigenvalue weighted by Gasteiger charge is -2.11. The monoisotopic (exact) mass is 409 g/mol. The molecule has 1 aromatic heterocycles. The first-order chi connectivity index (χ1) is 14.2. The maximum atomic E-state index is 11.6. The zero-order valence-corrected chi connectivity index (χ0v) is 18.7. The van der Waals surface area contributed by atoms with E-state index in [1.54, 1.807) is 6.08 Å². The molecule has 1 aliphatic carbocycles. The molecule has 1 heterocycles. The van der Waals surface area contributed by atoms with Gasteiger partial charge in [0.1, 0.15) is 18.1 Å². The number of allylic oxidation sites excluding steroid dienone is 3. The maximum Gasteiger partial charge on any atom is 0.337 e. The molecule has 0 bridgehead atoms. The highest BCUT2D eigenvalue weighted by Crippen LogP contribution is 2.22. The third kappa shape index (κ3) is 7.39. The fraction of sp³-hybridized carbons (Fsp3) is 0.360. The summed E-state index contributed by atoms with van der Waals surface area (Å²) in [6.07, 6.45) is 8.22. The van der Waals surface area contributed by atoms with Crippen molar-refractivity contribution in [1.29, 1.82) is 0 Å². The van der Waals surface area contributed by atoms with Crippen molar-refractivity contribution in [2.24, 2.45) is 0 Å². The Balaban J connectivity index is 0.000000269. The van der Waals surface area contributed by atoms with E-state index in [9.17, 15) is 4.79 Å². The minimum absolute atomic E-state index is 0.0846. The van der Waals surface area contributed by atoms with Gasteiger partial charge >= 0.3 is 5.97 Å². The molecule has 5 heteroatoms. The van der Waals surface area contributed by atoms with Crippen molar-refractivity contribution in [3.05, 3.63) is 82.8 Å². The molecule has 0 saturated carbocycles. The van der Waals surface area contributed by atoms with Gasteiger partial charge in [-0.25, -0.2) is 4.79 Å². The molecule has 0 aliphatic heterocycles. The Hall–Kier alpha value is -3.08. The molecule has 5 nitrogen and oxygen atoms in total. The Bertz CT molecular complexity index is 925. The summed E-state index contributed by atoms with van der Waals surface area (Å²) in [7, 11) is 1.38. The van der Waals surface area contributed by atoms with Gasteiger partial charge < -0.3 is 14.0 Å². The van der Waals surface area contributed by atoms with Crippen LogP contribution in [0.1, 0.15) is 44.2 Å². The Kier molecular flexibility index (Phi) is 8.22. The zero-order valence-electron chi connectivity index (χ0n) is 18.7. The molecule has 0 unspecified atom stereocenters. The number of methoxy groups -OCH3 is 1. The summed E-state index contributed by atoms with van der Waals surface area (Å²) in [5, 5.41) is 3.81. The van der Waals surface area contributed by atoms with Crippen LogP contribution in [0.15, 0.2) is 70.3 Å². The fourth-order valence-corrected chi connectivity index (χ4v) is 2.59. The second kappa shape index (κ2) is 10.6. The Morgan fingerprint density at radius 2 is 1.87 bits per heavy atom. The first-order valence-corrected chi connectivity index (χ1v) is 9.97. The number of hydrogen-bond acceptors (Lipinski definition) is 5. The highest BCUT2D eigenvalue weighted by molar-refractivity contribution is 5.92. The van der Waals surface area contributed by atoms with Crippen LogP contribution in [0.2, 0.25) is 0 Å². The minimum Gasteiger partial charge on any atom is -0.489 e. The lowest BCUT2D eigenvalue weighted by Crippen LogP contribution is -2.09. The number of esters is 1. The van der Waals surface area contributed by atoms with E-state index in [2.05, 4.69) is 25.9 Å². The van der Waals surface area contributed by atoms with Crippen LogP contribution in [0.5, 0.6) is 5.75 Å². The predicted molar refractivity (Wildman–Crippen MR) is 119 cm³/mol. The quantitative estimate of drug-likeness (QED) is 0.612. The number of carbonyl (C=O) groups excluding carboxylic acids is 1. The van der Waals surface area contributed by atoms with Gasteiger partial charge in [0.2, 0.25) is 0 Å². The predicted octanol–water partition coefficient (Wildman–Crippen LogP) is 5.64. The van der Waals surface area contributed by atoms with Gasteiger partial charge in [-0.2, -0.15) is 0 Å². The van der Waals surface area contributed by atoms with Gasteiger partial charge in [-0.05, 0) is 50.1 Å². The van der Waals surface area contributed by atoms with E-state index < -0.39 is 0 Å². The molecule has 0 saturated heterocycles. The van der Waals surface area contributed by atoms with Gasteiger partial charge in [0.15, 0.2) is 0 Å². The van der Waals surface area contributed by atoms with Gasteiger partial charge in [-0.3, -0.25) is 0 Å². The first kappa shape index (κ1) is 23.2. The van der Waals surface area contributed by atoms with Crippen molar-refractivity contribution in [2.45, 2.75) is 46.5 Å². The normalized spacial score (nSPS) is 13.4. The summed E-state index contributed by atoms with van der Waals surface area (Å²) < 4.78 is 15.6. The minimum atomic E-state index is -0.329. The summed E-state index contributed by atoms with van der Waals surface area (Å²) in [5.41, 5.74) is 3.82. The van der Waals surface area contributed by atoms with Gasteiger partial charge in [0.25, 0.3) is 0 Å². The molecule has 0 radical (unpaired) electrons. The number of hydrogen-bond donors (Lipinski definition) is 0. The molecule has 0 N–H and O–H groups in total. The first-order valence-electron chi connectivity index (χ1n) is 9.97. The number of benzene rings is 1. The van der Waals surface area contributed by atoms with Gasteiger partial charge in [-0.1, -0.05) is 55.8 Å².